The molecule has 0 atom stereocenters. The molecule has 2 heteroatoms. The van der Waals surface area contributed by atoms with E-state index in [-0.39, 0.29) is 7.33 Å². The summed E-state index contributed by atoms with van der Waals surface area (Å²) in [5, 5.41) is 2.56. The van der Waals surface area contributed by atoms with Gasteiger partial charge < -0.3 is 5.32 Å². The van der Waals surface area contributed by atoms with Gasteiger partial charge in [0.2, 0.25) is 5.91 Å². The zero-order valence-corrected chi connectivity index (χ0v) is 5.53. The van der Waals surface area contributed by atoms with E-state index in [0.29, 0.717) is 6.42 Å². The van der Waals surface area contributed by atoms with Crippen LogP contribution in [0.2, 0.25) is 0 Å². The quantitative estimate of drug-likeness (QED) is 0.590. The van der Waals surface area contributed by atoms with Crippen molar-refractivity contribution < 1.29 is 6.22 Å². The van der Waals surface area contributed by atoms with Crippen LogP contribution in [0.4, 0.5) is 0 Å². The van der Waals surface area contributed by atoms with E-state index < -0.39 is 0 Å². The third-order valence-corrected chi connectivity index (χ3v) is 1.04. The van der Waals surface area contributed by atoms with Crippen LogP contribution in [-0.2, 0) is 4.79 Å². The average molecular weight is 117 g/mol. The summed E-state index contributed by atoms with van der Waals surface area (Å²) in [6.07, 6.45) is 2.76. The van der Waals surface area contributed by atoms with Crippen LogP contribution in [-0.4, -0.2) is 13.0 Å². The number of hydrogen-bond acceptors (Lipinski definition) is 1. The minimum Gasteiger partial charge on any atom is -0.359 e. The number of nitrogens with one attached hydrogen (secondary N) is 1. The Morgan fingerprint density at radius 2 is 2.38 bits per heavy atom. The molecule has 1 N–H and O–H groups in total. The highest BCUT2D eigenvalue weighted by molar-refractivity contribution is 5.75. The van der Waals surface area contributed by atoms with Gasteiger partial charge in [-0.1, -0.05) is 13.3 Å². The maximum atomic E-state index is 10.5. The highest BCUT2D eigenvalue weighted by Crippen LogP contribution is 1.91. The summed E-state index contributed by atoms with van der Waals surface area (Å²) in [4.78, 5) is 10.5. The van der Waals surface area contributed by atoms with Crippen LogP contribution in [0.5, 0.6) is 0 Å². The van der Waals surface area contributed by atoms with E-state index in [1.165, 1.54) is 0 Å². The molecule has 0 spiro atoms. The highest BCUT2D eigenvalue weighted by atomic mass is 16.1. The Hall–Kier alpha value is -0.530. The molecule has 8 heavy (non-hydrogen) atoms. The molecule has 50 valence electrons. The van der Waals surface area contributed by atoms with E-state index in [1.807, 2.05) is 0 Å². The van der Waals surface area contributed by atoms with Crippen LogP contribution < -0.4 is 5.32 Å². The predicted molar refractivity (Wildman–Crippen MR) is 35.7 cm³/mol. The van der Waals surface area contributed by atoms with Gasteiger partial charge in [0.25, 0.3) is 0 Å². The van der Waals surface area contributed by atoms with Gasteiger partial charge in [0.15, 0.2) is 0 Å². The smallest absolute Gasteiger partial charge is 0.219 e. The summed E-state index contributed by atoms with van der Waals surface area (Å²) in [5.74, 6) is 0.145. The summed E-state index contributed by atoms with van der Waals surface area (Å²) in [6, 6.07) is 0. The molecule has 0 aromatic heterocycles. The molecule has 0 rings (SSSR count). The van der Waals surface area contributed by atoms with Gasteiger partial charge in [0, 0.05) is 14.9 Å². The summed E-state index contributed by atoms with van der Waals surface area (Å²) in [7, 11) is 1.66. The lowest BCUT2D eigenvalue weighted by molar-refractivity contribution is -0.120. The van der Waals surface area contributed by atoms with Crippen molar-refractivity contribution in [3.63, 3.8) is 0 Å². The minimum absolute atomic E-state index is 0. The molecule has 0 aromatic rings. The topological polar surface area (TPSA) is 29.1 Å². The first-order chi connectivity index (χ1) is 3.81. The highest BCUT2D eigenvalue weighted by Gasteiger charge is 1.92. The van der Waals surface area contributed by atoms with Gasteiger partial charge in [-0.3, -0.25) is 4.79 Å². The molecule has 0 heterocycles. The molecule has 0 fully saturated rings. The van der Waals surface area contributed by atoms with Crippen LogP contribution in [0.3, 0.4) is 0 Å². The van der Waals surface area contributed by atoms with E-state index in [2.05, 4.69) is 12.2 Å². The lowest BCUT2D eigenvalue weighted by Gasteiger charge is -1.94. The molecule has 2 nitrogen and oxygen atoms in total. The molecule has 0 saturated carbocycles. The van der Waals surface area contributed by atoms with Crippen LogP contribution in [0, 0.1) is 0 Å². The van der Waals surface area contributed by atoms with Gasteiger partial charge in [-0.15, -0.1) is 0 Å². The van der Waals surface area contributed by atoms with Gasteiger partial charge in [-0.2, -0.15) is 0 Å². The number of amides is 1. The second kappa shape index (κ2) is 4.62. The summed E-state index contributed by atoms with van der Waals surface area (Å²) in [5.41, 5.74) is 0. The maximum absolute atomic E-state index is 10.5. The van der Waals surface area contributed by atoms with E-state index in [0.717, 1.165) is 12.8 Å². The van der Waals surface area contributed by atoms with Gasteiger partial charge in [-0.25, -0.2) is 0 Å². The Kier molecular flexibility index (Phi) is 4.32. The van der Waals surface area contributed by atoms with E-state index >= 15 is 0 Å². The summed E-state index contributed by atoms with van der Waals surface area (Å²) in [6.45, 7) is 2.07. The zero-order chi connectivity index (χ0) is 6.41. The molecule has 0 aliphatic heterocycles. The first-order valence-corrected chi connectivity index (χ1v) is 3.01. The van der Waals surface area contributed by atoms with Crippen LogP contribution in [0.15, 0.2) is 0 Å². The Labute approximate surface area is 51.8 Å². The molecule has 0 aliphatic carbocycles. The zero-order valence-electron chi connectivity index (χ0n) is 5.53. The number of carbonyl (C=O) groups excluding carboxylic acids is 1. The summed E-state index contributed by atoms with van der Waals surface area (Å²) < 4.78 is 0. The van der Waals surface area contributed by atoms with Crippen molar-refractivity contribution in [2.75, 3.05) is 7.05 Å². The second-order valence-corrected chi connectivity index (χ2v) is 1.78. The lowest BCUT2D eigenvalue weighted by atomic mass is 10.2. The normalized spacial score (nSPS) is 8.75. The average Bonchev–Trinajstić information content (AvgIpc) is 1.83. The molecule has 0 aromatic carbocycles. The van der Waals surface area contributed by atoms with E-state index in [1.54, 1.807) is 7.05 Å². The molecular weight excluding hydrogens is 102 g/mol. The number of rotatable bonds is 3. The van der Waals surface area contributed by atoms with Crippen molar-refractivity contribution in [1.29, 1.82) is 0 Å². The lowest BCUT2D eigenvalue weighted by Crippen LogP contribution is -2.16. The molecule has 0 radical (unpaired) electrons. The Morgan fingerprint density at radius 1 is 1.75 bits per heavy atom. The maximum Gasteiger partial charge on any atom is 0.219 e. The molecular formula is C6H15NO. The third kappa shape index (κ3) is 3.65. The molecule has 0 bridgehead atoms. The molecule has 1 amide bonds. The van der Waals surface area contributed by atoms with E-state index in [9.17, 15) is 4.79 Å². The van der Waals surface area contributed by atoms with Crippen molar-refractivity contribution in [3.05, 3.63) is 0 Å². The predicted octanol–water partition coefficient (Wildman–Crippen LogP) is 1.17. The first kappa shape index (κ1) is 7.47. The fraction of sp³-hybridized carbons (Fsp3) is 0.833. The van der Waals surface area contributed by atoms with Crippen molar-refractivity contribution in [1.82, 2.24) is 5.32 Å². The Morgan fingerprint density at radius 3 is 2.75 bits per heavy atom. The number of carbonyl (C=O) groups is 1. The second-order valence-electron chi connectivity index (χ2n) is 1.78. The van der Waals surface area contributed by atoms with Crippen molar-refractivity contribution in [2.45, 2.75) is 26.2 Å². The van der Waals surface area contributed by atoms with Crippen LogP contribution in [0.25, 0.3) is 0 Å². The van der Waals surface area contributed by atoms with Gasteiger partial charge in [-0.05, 0) is 6.42 Å². The van der Waals surface area contributed by atoms with Crippen LogP contribution >= 0.6 is 0 Å². The molecule has 0 saturated heterocycles. The Balaban J connectivity index is 0. The van der Waals surface area contributed by atoms with Crippen LogP contribution in [0.1, 0.15) is 27.6 Å². The first-order valence-electron chi connectivity index (χ1n) is 3.01. The fourth-order valence-corrected chi connectivity index (χ4v) is 0.462. The SMILES string of the molecule is CCCCC(=O)NC.[HH]. The third-order valence-electron chi connectivity index (χ3n) is 1.04. The standard InChI is InChI=1S/C6H13NO.H2/c1-3-4-5-6(8)7-2;/h3-5H2,1-2H3,(H,7,8);1H. The monoisotopic (exact) mass is 117 g/mol. The molecule has 0 unspecified atom stereocenters. The van der Waals surface area contributed by atoms with E-state index in [4.69, 9.17) is 0 Å². The number of hydrogen-bond donors (Lipinski definition) is 1. The fourth-order valence-electron chi connectivity index (χ4n) is 0.462. The van der Waals surface area contributed by atoms with Crippen molar-refractivity contribution in [2.24, 2.45) is 0 Å². The van der Waals surface area contributed by atoms with Crippen molar-refractivity contribution in [3.8, 4) is 0 Å². The van der Waals surface area contributed by atoms with Gasteiger partial charge >= 0.3 is 0 Å². The Bertz CT molecular complexity index is 75.5. The van der Waals surface area contributed by atoms with Crippen molar-refractivity contribution >= 4 is 5.91 Å². The summed E-state index contributed by atoms with van der Waals surface area (Å²) >= 11 is 0. The molecule has 0 aliphatic rings. The largest absolute Gasteiger partial charge is 0.359 e. The van der Waals surface area contributed by atoms with Gasteiger partial charge in [0.1, 0.15) is 0 Å². The minimum atomic E-state index is 0. The van der Waals surface area contributed by atoms with Gasteiger partial charge in [0.05, 0.1) is 0 Å². The number of unbranched alkanes of at least 4 members (excludes halogenated alkanes) is 1.